The second-order valence-corrected chi connectivity index (χ2v) is 7.49. The minimum Gasteiger partial charge on any atom is -0.380 e. The van der Waals surface area contributed by atoms with Gasteiger partial charge in [-0.2, -0.15) is 5.26 Å². The summed E-state index contributed by atoms with van der Waals surface area (Å²) < 4.78 is 25.4. The molecule has 0 amide bonds. The van der Waals surface area contributed by atoms with Gasteiger partial charge in [-0.25, -0.2) is 13.1 Å². The van der Waals surface area contributed by atoms with Crippen LogP contribution in [0.3, 0.4) is 0 Å². The van der Waals surface area contributed by atoms with E-state index in [9.17, 15) is 13.2 Å². The number of hydrogen-bond donors (Lipinski definition) is 2. The number of rotatable bonds is 7. The SMILES string of the molecule is CNS(=O)(=O)Cc1ccc(CNc2cc(C#N)ccc2C(C)=O)cc1. The van der Waals surface area contributed by atoms with E-state index in [2.05, 4.69) is 16.1 Å². The minimum atomic E-state index is -3.30. The summed E-state index contributed by atoms with van der Waals surface area (Å²) in [7, 11) is -1.91. The van der Waals surface area contributed by atoms with Gasteiger partial charge in [0.15, 0.2) is 5.78 Å². The zero-order valence-corrected chi connectivity index (χ0v) is 14.9. The topological polar surface area (TPSA) is 99.1 Å². The Morgan fingerprint density at radius 2 is 1.76 bits per heavy atom. The van der Waals surface area contributed by atoms with E-state index in [1.165, 1.54) is 14.0 Å². The summed E-state index contributed by atoms with van der Waals surface area (Å²) in [5, 5.41) is 12.2. The van der Waals surface area contributed by atoms with Crippen LogP contribution >= 0.6 is 0 Å². The van der Waals surface area contributed by atoms with Gasteiger partial charge in [-0.3, -0.25) is 4.79 Å². The monoisotopic (exact) mass is 357 g/mol. The Morgan fingerprint density at radius 3 is 2.32 bits per heavy atom. The van der Waals surface area contributed by atoms with Gasteiger partial charge in [0.25, 0.3) is 0 Å². The van der Waals surface area contributed by atoms with Crippen LogP contribution in [0.4, 0.5) is 5.69 Å². The fourth-order valence-electron chi connectivity index (χ4n) is 2.31. The Morgan fingerprint density at radius 1 is 1.12 bits per heavy atom. The highest BCUT2D eigenvalue weighted by Gasteiger charge is 2.10. The number of ketones is 1. The Labute approximate surface area is 147 Å². The van der Waals surface area contributed by atoms with E-state index in [4.69, 9.17) is 5.26 Å². The summed E-state index contributed by atoms with van der Waals surface area (Å²) in [5.74, 6) is -0.157. The average molecular weight is 357 g/mol. The van der Waals surface area contributed by atoms with E-state index in [0.29, 0.717) is 28.9 Å². The Kier molecular flexibility index (Phi) is 5.91. The number of carbonyl (C=O) groups is 1. The molecule has 7 heteroatoms. The van der Waals surface area contributed by atoms with Crippen molar-refractivity contribution in [2.45, 2.75) is 19.2 Å². The summed E-state index contributed by atoms with van der Waals surface area (Å²) in [6.45, 7) is 1.93. The summed E-state index contributed by atoms with van der Waals surface area (Å²) in [5.41, 5.74) is 3.22. The van der Waals surface area contributed by atoms with Gasteiger partial charge in [0.2, 0.25) is 10.0 Å². The van der Waals surface area contributed by atoms with Crippen LogP contribution in [0.25, 0.3) is 0 Å². The molecule has 0 unspecified atom stereocenters. The molecular formula is C18H19N3O3S. The quantitative estimate of drug-likeness (QED) is 0.742. The van der Waals surface area contributed by atoms with E-state index >= 15 is 0 Å². The summed E-state index contributed by atoms with van der Waals surface area (Å²) in [6, 6.07) is 14.1. The molecule has 0 aromatic heterocycles. The molecule has 2 rings (SSSR count). The van der Waals surface area contributed by atoms with Crippen LogP contribution in [0.1, 0.15) is 34.0 Å². The molecular weight excluding hydrogens is 338 g/mol. The molecule has 0 saturated carbocycles. The number of nitrogens with zero attached hydrogens (tertiary/aromatic N) is 1. The first-order chi connectivity index (χ1) is 11.8. The third kappa shape index (κ3) is 5.14. The zero-order valence-electron chi connectivity index (χ0n) is 14.0. The van der Waals surface area contributed by atoms with Crippen molar-refractivity contribution in [3.8, 4) is 6.07 Å². The standard InChI is InChI=1S/C18H19N3O3S/c1-13(22)17-8-7-16(10-19)9-18(17)21-11-14-3-5-15(6-4-14)12-25(23,24)20-2/h3-9,20-21H,11-12H2,1-2H3. The molecule has 25 heavy (non-hydrogen) atoms. The molecule has 0 aliphatic carbocycles. The van der Waals surface area contributed by atoms with Gasteiger partial charge in [-0.1, -0.05) is 24.3 Å². The van der Waals surface area contributed by atoms with Crippen LogP contribution in [-0.4, -0.2) is 21.2 Å². The Bertz CT molecular complexity index is 914. The van der Waals surface area contributed by atoms with Crippen LogP contribution in [0.15, 0.2) is 42.5 Å². The first-order valence-corrected chi connectivity index (χ1v) is 9.28. The molecule has 0 heterocycles. The Balaban J connectivity index is 2.12. The van der Waals surface area contributed by atoms with Gasteiger partial charge < -0.3 is 5.32 Å². The van der Waals surface area contributed by atoms with E-state index in [-0.39, 0.29) is 11.5 Å². The lowest BCUT2D eigenvalue weighted by Gasteiger charge is -2.11. The lowest BCUT2D eigenvalue weighted by atomic mass is 10.1. The molecule has 0 saturated heterocycles. The van der Waals surface area contributed by atoms with E-state index in [1.54, 1.807) is 30.3 Å². The van der Waals surface area contributed by atoms with Gasteiger partial charge in [-0.05, 0) is 43.3 Å². The highest BCUT2D eigenvalue weighted by Crippen LogP contribution is 2.19. The van der Waals surface area contributed by atoms with E-state index < -0.39 is 10.0 Å². The molecule has 0 fully saturated rings. The number of carbonyl (C=O) groups excluding carboxylic acids is 1. The molecule has 0 radical (unpaired) electrons. The van der Waals surface area contributed by atoms with Gasteiger partial charge in [0.1, 0.15) is 0 Å². The molecule has 2 N–H and O–H groups in total. The Hall–Kier alpha value is -2.69. The van der Waals surface area contributed by atoms with Crippen LogP contribution in [0.2, 0.25) is 0 Å². The molecule has 0 atom stereocenters. The third-order valence-electron chi connectivity index (χ3n) is 3.70. The summed E-state index contributed by atoms with van der Waals surface area (Å²) in [6.07, 6.45) is 0. The first-order valence-electron chi connectivity index (χ1n) is 7.62. The molecule has 2 aromatic rings. The van der Waals surface area contributed by atoms with Crippen molar-refractivity contribution < 1.29 is 13.2 Å². The fourth-order valence-corrected chi connectivity index (χ4v) is 3.08. The highest BCUT2D eigenvalue weighted by molar-refractivity contribution is 7.88. The second-order valence-electron chi connectivity index (χ2n) is 5.56. The van der Waals surface area contributed by atoms with Crippen molar-refractivity contribution in [3.05, 3.63) is 64.7 Å². The summed E-state index contributed by atoms with van der Waals surface area (Å²) in [4.78, 5) is 11.7. The first kappa shape index (κ1) is 18.6. The number of nitriles is 1. The van der Waals surface area contributed by atoms with Crippen molar-refractivity contribution in [1.82, 2.24) is 4.72 Å². The smallest absolute Gasteiger partial charge is 0.215 e. The molecule has 130 valence electrons. The van der Waals surface area contributed by atoms with Gasteiger partial charge in [0, 0.05) is 17.8 Å². The van der Waals surface area contributed by atoms with Crippen molar-refractivity contribution in [2.24, 2.45) is 0 Å². The van der Waals surface area contributed by atoms with Gasteiger partial charge in [-0.15, -0.1) is 0 Å². The molecule has 2 aromatic carbocycles. The number of anilines is 1. The highest BCUT2D eigenvalue weighted by atomic mass is 32.2. The van der Waals surface area contributed by atoms with Gasteiger partial charge in [0.05, 0.1) is 17.4 Å². The number of benzene rings is 2. The number of nitrogens with one attached hydrogen (secondary N) is 2. The number of hydrogen-bond acceptors (Lipinski definition) is 5. The lowest BCUT2D eigenvalue weighted by Crippen LogP contribution is -2.20. The van der Waals surface area contributed by atoms with Crippen LogP contribution in [0.5, 0.6) is 0 Å². The van der Waals surface area contributed by atoms with Crippen LogP contribution in [-0.2, 0) is 22.3 Å². The second kappa shape index (κ2) is 7.92. The lowest BCUT2D eigenvalue weighted by molar-refractivity contribution is 0.101. The number of Topliss-reactive ketones (excluding diaryl/α,β-unsaturated/α-hetero) is 1. The third-order valence-corrected chi connectivity index (χ3v) is 5.04. The van der Waals surface area contributed by atoms with Crippen molar-refractivity contribution in [2.75, 3.05) is 12.4 Å². The average Bonchev–Trinajstić information content (AvgIpc) is 2.60. The summed E-state index contributed by atoms with van der Waals surface area (Å²) >= 11 is 0. The van der Waals surface area contributed by atoms with Gasteiger partial charge >= 0.3 is 0 Å². The predicted octanol–water partition coefficient (Wildman–Crippen LogP) is 2.42. The van der Waals surface area contributed by atoms with Crippen molar-refractivity contribution in [3.63, 3.8) is 0 Å². The van der Waals surface area contributed by atoms with E-state index in [0.717, 1.165) is 5.56 Å². The number of sulfonamides is 1. The molecule has 0 aliphatic heterocycles. The minimum absolute atomic E-state index is 0.0735. The fraction of sp³-hybridized carbons (Fsp3) is 0.222. The zero-order chi connectivity index (χ0) is 18.4. The molecule has 0 bridgehead atoms. The largest absolute Gasteiger partial charge is 0.380 e. The molecule has 0 spiro atoms. The van der Waals surface area contributed by atoms with Crippen LogP contribution < -0.4 is 10.0 Å². The van der Waals surface area contributed by atoms with Crippen molar-refractivity contribution in [1.29, 1.82) is 5.26 Å². The molecule has 0 aliphatic rings. The van der Waals surface area contributed by atoms with Crippen molar-refractivity contribution >= 4 is 21.5 Å². The maximum absolute atomic E-state index is 11.7. The van der Waals surface area contributed by atoms with Crippen LogP contribution in [0, 0.1) is 11.3 Å². The molecule has 6 nitrogen and oxygen atoms in total. The normalized spacial score (nSPS) is 10.9. The van der Waals surface area contributed by atoms with E-state index in [1.807, 2.05) is 12.1 Å². The maximum Gasteiger partial charge on any atom is 0.215 e. The maximum atomic E-state index is 11.7. The predicted molar refractivity (Wildman–Crippen MR) is 96.6 cm³/mol.